The maximum absolute atomic E-state index is 13.0. The largest absolute Gasteiger partial charge is 0.493 e. The Hall–Kier alpha value is -3.65. The lowest BCUT2D eigenvalue weighted by atomic mass is 10.1. The molecule has 1 aliphatic heterocycles. The lowest BCUT2D eigenvalue weighted by Gasteiger charge is -2.12. The number of hydrogen-bond acceptors (Lipinski definition) is 7. The monoisotopic (exact) mass is 450 g/mol. The summed E-state index contributed by atoms with van der Waals surface area (Å²) in [6, 6.07) is 13.8. The van der Waals surface area contributed by atoms with Crippen molar-refractivity contribution in [3.05, 3.63) is 65.2 Å². The third-order valence-corrected chi connectivity index (χ3v) is 5.33. The topological polar surface area (TPSA) is 99.4 Å². The minimum atomic E-state index is -0.404. The van der Waals surface area contributed by atoms with E-state index < -0.39 is 5.97 Å². The van der Waals surface area contributed by atoms with Crippen molar-refractivity contribution >= 4 is 28.5 Å². The summed E-state index contributed by atoms with van der Waals surface area (Å²) in [5.74, 6) is -0.174. The second-order valence-corrected chi connectivity index (χ2v) is 7.57. The van der Waals surface area contributed by atoms with Crippen LogP contribution in [0.3, 0.4) is 0 Å². The van der Waals surface area contributed by atoms with E-state index in [9.17, 15) is 9.59 Å². The van der Waals surface area contributed by atoms with Crippen molar-refractivity contribution in [1.82, 2.24) is 5.32 Å². The highest BCUT2D eigenvalue weighted by Gasteiger charge is 2.19. The molecule has 0 radical (unpaired) electrons. The van der Waals surface area contributed by atoms with Crippen LogP contribution in [0.15, 0.2) is 57.9 Å². The number of fused-ring (bicyclic) bond motifs is 1. The Morgan fingerprint density at radius 1 is 1.18 bits per heavy atom. The van der Waals surface area contributed by atoms with Gasteiger partial charge >= 0.3 is 5.97 Å². The first-order valence-corrected chi connectivity index (χ1v) is 10.9. The Balaban J connectivity index is 1.72. The fourth-order valence-corrected chi connectivity index (χ4v) is 3.64. The van der Waals surface area contributed by atoms with E-state index in [0.29, 0.717) is 53.3 Å². The number of carbonyl (C=O) groups excluding carboxylic acids is 2. The summed E-state index contributed by atoms with van der Waals surface area (Å²) in [4.78, 5) is 29.5. The third-order valence-electron chi connectivity index (χ3n) is 5.33. The van der Waals surface area contributed by atoms with E-state index in [0.717, 1.165) is 12.8 Å². The number of benzene rings is 2. The van der Waals surface area contributed by atoms with Crippen molar-refractivity contribution in [2.45, 2.75) is 25.9 Å². The molecule has 4 rings (SSSR count). The van der Waals surface area contributed by atoms with E-state index >= 15 is 0 Å². The quantitative estimate of drug-likeness (QED) is 0.550. The van der Waals surface area contributed by atoms with Gasteiger partial charge in [0.2, 0.25) is 5.55 Å². The molecule has 8 nitrogen and oxygen atoms in total. The number of nitrogens with one attached hydrogen (secondary N) is 1. The third kappa shape index (κ3) is 5.23. The van der Waals surface area contributed by atoms with Crippen molar-refractivity contribution in [3.63, 3.8) is 0 Å². The molecule has 1 aliphatic rings. The molecule has 1 amide bonds. The molecule has 33 heavy (non-hydrogen) atoms. The van der Waals surface area contributed by atoms with Crippen LogP contribution in [0.4, 0.5) is 5.69 Å². The van der Waals surface area contributed by atoms with Crippen molar-refractivity contribution in [1.29, 1.82) is 0 Å². The predicted octanol–water partition coefficient (Wildman–Crippen LogP) is 3.76. The van der Waals surface area contributed by atoms with Gasteiger partial charge in [0.25, 0.3) is 5.91 Å². The molecule has 3 aromatic rings. The Morgan fingerprint density at radius 3 is 2.70 bits per heavy atom. The van der Waals surface area contributed by atoms with Crippen LogP contribution in [-0.4, -0.2) is 44.8 Å². The van der Waals surface area contributed by atoms with Crippen LogP contribution < -0.4 is 15.6 Å². The molecular formula is C25H26N2O6. The molecule has 1 N–H and O–H groups in total. The van der Waals surface area contributed by atoms with E-state index in [1.807, 2.05) is 12.1 Å². The van der Waals surface area contributed by atoms with E-state index in [1.165, 1.54) is 0 Å². The van der Waals surface area contributed by atoms with Gasteiger partial charge < -0.3 is 23.9 Å². The highest BCUT2D eigenvalue weighted by atomic mass is 16.5. The number of hydrogen-bond donors (Lipinski definition) is 1. The molecule has 1 unspecified atom stereocenters. The van der Waals surface area contributed by atoms with E-state index in [2.05, 4.69) is 10.3 Å². The van der Waals surface area contributed by atoms with Crippen LogP contribution in [-0.2, 0) is 9.47 Å². The maximum atomic E-state index is 13.0. The average molecular weight is 450 g/mol. The first-order valence-electron chi connectivity index (χ1n) is 10.9. The minimum absolute atomic E-state index is 0.0160. The molecule has 1 saturated heterocycles. The number of nitrogens with zero attached hydrogens (tertiary/aromatic N) is 1. The number of rotatable bonds is 7. The summed E-state index contributed by atoms with van der Waals surface area (Å²) in [6.45, 7) is 3.19. The normalized spacial score (nSPS) is 16.1. The molecule has 1 aromatic heterocycles. The zero-order valence-corrected chi connectivity index (χ0v) is 18.6. The van der Waals surface area contributed by atoms with Gasteiger partial charge in [-0.2, -0.15) is 0 Å². The van der Waals surface area contributed by atoms with Crippen molar-refractivity contribution in [3.8, 4) is 5.75 Å². The molecule has 2 heterocycles. The van der Waals surface area contributed by atoms with Gasteiger partial charge in [-0.3, -0.25) is 4.79 Å². The van der Waals surface area contributed by atoms with Crippen LogP contribution in [0.1, 0.15) is 40.5 Å². The SMILES string of the molecule is CCOC(=O)c1ccc(N=c2oc3c(OC)cccc3cc2C(=O)NCC2CCCO2)cc1. The Labute approximate surface area is 191 Å². The molecule has 172 valence electrons. The Kier molecular flexibility index (Phi) is 7.04. The van der Waals surface area contributed by atoms with E-state index in [-0.39, 0.29) is 17.6 Å². The zero-order valence-electron chi connectivity index (χ0n) is 18.6. The first kappa shape index (κ1) is 22.5. The summed E-state index contributed by atoms with van der Waals surface area (Å²) in [5.41, 5.74) is 1.86. The summed E-state index contributed by atoms with van der Waals surface area (Å²) >= 11 is 0. The number of carbonyl (C=O) groups is 2. The number of para-hydroxylation sites is 1. The summed E-state index contributed by atoms with van der Waals surface area (Å²) < 4.78 is 22.1. The maximum Gasteiger partial charge on any atom is 0.338 e. The first-order chi connectivity index (χ1) is 16.1. The predicted molar refractivity (Wildman–Crippen MR) is 122 cm³/mol. The number of methoxy groups -OCH3 is 1. The molecule has 0 bridgehead atoms. The van der Waals surface area contributed by atoms with Crippen LogP contribution in [0.25, 0.3) is 11.0 Å². The smallest absolute Gasteiger partial charge is 0.338 e. The molecule has 1 atom stereocenters. The fraction of sp³-hybridized carbons (Fsp3) is 0.320. The second-order valence-electron chi connectivity index (χ2n) is 7.57. The molecule has 2 aromatic carbocycles. The molecule has 0 spiro atoms. The van der Waals surface area contributed by atoms with Gasteiger partial charge in [0.15, 0.2) is 11.3 Å². The van der Waals surface area contributed by atoms with Gasteiger partial charge in [-0.1, -0.05) is 12.1 Å². The van der Waals surface area contributed by atoms with Gasteiger partial charge in [0, 0.05) is 18.5 Å². The lowest BCUT2D eigenvalue weighted by molar-refractivity contribution is 0.0526. The van der Waals surface area contributed by atoms with Crippen LogP contribution >= 0.6 is 0 Å². The van der Waals surface area contributed by atoms with Crippen molar-refractivity contribution in [2.75, 3.05) is 26.9 Å². The van der Waals surface area contributed by atoms with Crippen LogP contribution in [0.2, 0.25) is 0 Å². The standard InChI is InChI=1S/C25H26N2O6/c1-3-31-25(29)16-9-11-18(12-10-16)27-24-20(23(28)26-15-19-7-5-13-32-19)14-17-6-4-8-21(30-2)22(17)33-24/h4,6,8-12,14,19H,3,5,7,13,15H2,1-2H3,(H,26,28). The summed E-state index contributed by atoms with van der Waals surface area (Å²) in [5, 5.41) is 3.64. The van der Waals surface area contributed by atoms with E-state index in [4.69, 9.17) is 18.6 Å². The zero-order chi connectivity index (χ0) is 23.2. The van der Waals surface area contributed by atoms with Gasteiger partial charge in [-0.05, 0) is 56.2 Å². The van der Waals surface area contributed by atoms with Crippen molar-refractivity contribution < 1.29 is 28.2 Å². The fourth-order valence-electron chi connectivity index (χ4n) is 3.64. The Bertz CT molecular complexity index is 1210. The van der Waals surface area contributed by atoms with Gasteiger partial charge in [0.1, 0.15) is 5.56 Å². The average Bonchev–Trinajstić information content (AvgIpc) is 3.36. The van der Waals surface area contributed by atoms with Gasteiger partial charge in [-0.15, -0.1) is 0 Å². The van der Waals surface area contributed by atoms with Gasteiger partial charge in [-0.25, -0.2) is 9.79 Å². The Morgan fingerprint density at radius 2 is 2.00 bits per heavy atom. The van der Waals surface area contributed by atoms with Crippen LogP contribution in [0.5, 0.6) is 5.75 Å². The van der Waals surface area contributed by atoms with Crippen LogP contribution in [0, 0.1) is 0 Å². The molecule has 0 saturated carbocycles. The molecular weight excluding hydrogens is 424 g/mol. The molecule has 0 aliphatic carbocycles. The summed E-state index contributed by atoms with van der Waals surface area (Å²) in [7, 11) is 1.55. The second kappa shape index (κ2) is 10.3. The molecule has 1 fully saturated rings. The van der Waals surface area contributed by atoms with Gasteiger partial charge in [0.05, 0.1) is 31.1 Å². The van der Waals surface area contributed by atoms with Crippen molar-refractivity contribution in [2.24, 2.45) is 4.99 Å². The highest BCUT2D eigenvalue weighted by molar-refractivity contribution is 5.97. The number of amides is 1. The number of esters is 1. The van der Waals surface area contributed by atoms with E-state index in [1.54, 1.807) is 50.4 Å². The highest BCUT2D eigenvalue weighted by Crippen LogP contribution is 2.25. The molecule has 8 heteroatoms. The lowest BCUT2D eigenvalue weighted by Crippen LogP contribution is -2.34. The summed E-state index contributed by atoms with van der Waals surface area (Å²) in [6.07, 6.45) is 1.93. The number of ether oxygens (including phenoxy) is 3. The minimum Gasteiger partial charge on any atom is -0.493 e.